The van der Waals surface area contributed by atoms with Crippen molar-refractivity contribution in [3.8, 4) is 11.5 Å². The predicted molar refractivity (Wildman–Crippen MR) is 67.6 cm³/mol. The molecule has 0 atom stereocenters. The topological polar surface area (TPSA) is 63.3 Å². The summed E-state index contributed by atoms with van der Waals surface area (Å²) in [5.74, 6) is -0.633. The Hall–Kier alpha value is -1.81. The Labute approximate surface area is 109 Å². The van der Waals surface area contributed by atoms with Gasteiger partial charge >= 0.3 is 5.97 Å². The van der Waals surface area contributed by atoms with Crippen molar-refractivity contribution >= 4 is 17.6 Å². The minimum atomic E-state index is -1.09. The first-order valence-electron chi connectivity index (χ1n) is 5.37. The number of carboxylic acids is 1. The lowest BCUT2D eigenvalue weighted by Gasteiger charge is -2.14. The summed E-state index contributed by atoms with van der Waals surface area (Å²) in [6.45, 7) is 3.15. The van der Waals surface area contributed by atoms with Gasteiger partial charge in [-0.1, -0.05) is 23.7 Å². The molecule has 0 unspecified atom stereocenters. The third-order valence-electron chi connectivity index (χ3n) is 2.78. The molecular formula is C13H12ClNO3. The quantitative estimate of drug-likeness (QED) is 0.924. The number of oxazole rings is 1. The summed E-state index contributed by atoms with van der Waals surface area (Å²) in [4.78, 5) is 15.3. The first-order valence-corrected chi connectivity index (χ1v) is 5.75. The highest BCUT2D eigenvalue weighted by Gasteiger charge is 2.33. The lowest BCUT2D eigenvalue weighted by molar-refractivity contribution is -0.142. The molecular weight excluding hydrogens is 254 g/mol. The number of carboxylic acid groups (broad SMARTS) is 1. The second kappa shape index (κ2) is 4.46. The molecule has 0 aliphatic carbocycles. The molecule has 0 saturated heterocycles. The van der Waals surface area contributed by atoms with Crippen LogP contribution in [-0.2, 0) is 10.2 Å². The van der Waals surface area contributed by atoms with Crippen molar-refractivity contribution in [3.05, 3.63) is 41.2 Å². The third kappa shape index (κ3) is 2.11. The van der Waals surface area contributed by atoms with Crippen LogP contribution in [0, 0.1) is 0 Å². The van der Waals surface area contributed by atoms with Crippen LogP contribution in [0.25, 0.3) is 11.5 Å². The van der Waals surface area contributed by atoms with Crippen LogP contribution >= 0.6 is 11.6 Å². The van der Waals surface area contributed by atoms with Gasteiger partial charge in [-0.3, -0.25) is 4.79 Å². The number of hydrogen-bond donors (Lipinski definition) is 1. The number of rotatable bonds is 3. The van der Waals surface area contributed by atoms with Crippen molar-refractivity contribution in [2.24, 2.45) is 0 Å². The van der Waals surface area contributed by atoms with E-state index in [1.54, 1.807) is 32.0 Å². The Kier molecular flexibility index (Phi) is 3.13. The molecule has 2 rings (SSSR count). The number of halogens is 1. The van der Waals surface area contributed by atoms with E-state index in [0.717, 1.165) is 0 Å². The summed E-state index contributed by atoms with van der Waals surface area (Å²) in [7, 11) is 0. The van der Waals surface area contributed by atoms with Crippen LogP contribution in [0.3, 0.4) is 0 Å². The van der Waals surface area contributed by atoms with E-state index in [0.29, 0.717) is 22.2 Å². The average molecular weight is 266 g/mol. The van der Waals surface area contributed by atoms with Crippen molar-refractivity contribution in [3.63, 3.8) is 0 Å². The monoisotopic (exact) mass is 265 g/mol. The van der Waals surface area contributed by atoms with Crippen molar-refractivity contribution in [2.45, 2.75) is 19.3 Å². The first-order chi connectivity index (χ1) is 8.43. The molecule has 0 spiro atoms. The molecule has 1 aromatic heterocycles. The summed E-state index contributed by atoms with van der Waals surface area (Å²) in [6, 6.07) is 7.11. The molecule has 0 aliphatic rings. The Bertz CT molecular complexity index is 589. The maximum Gasteiger partial charge on any atom is 0.315 e. The van der Waals surface area contributed by atoms with Gasteiger partial charge in [-0.15, -0.1) is 0 Å². The van der Waals surface area contributed by atoms with Gasteiger partial charge in [-0.05, 0) is 26.0 Å². The molecule has 4 nitrogen and oxygen atoms in total. The Morgan fingerprint density at radius 3 is 2.67 bits per heavy atom. The average Bonchev–Trinajstić information content (AvgIpc) is 2.79. The maximum atomic E-state index is 11.1. The number of nitrogens with zero attached hydrogens (tertiary/aromatic N) is 1. The van der Waals surface area contributed by atoms with Crippen molar-refractivity contribution < 1.29 is 14.3 Å². The zero-order valence-corrected chi connectivity index (χ0v) is 10.7. The van der Waals surface area contributed by atoms with Crippen LogP contribution in [0.5, 0.6) is 0 Å². The predicted octanol–water partition coefficient (Wildman–Crippen LogP) is 3.36. The molecule has 1 heterocycles. The van der Waals surface area contributed by atoms with Crippen LogP contribution in [0.1, 0.15) is 19.5 Å². The van der Waals surface area contributed by atoms with Crippen LogP contribution in [0.4, 0.5) is 0 Å². The molecule has 0 aliphatic heterocycles. The van der Waals surface area contributed by atoms with Crippen molar-refractivity contribution in [2.75, 3.05) is 0 Å². The maximum absolute atomic E-state index is 11.1. The second-order valence-corrected chi connectivity index (χ2v) is 4.86. The highest BCUT2D eigenvalue weighted by atomic mass is 35.5. The van der Waals surface area contributed by atoms with Gasteiger partial charge in [0.2, 0.25) is 5.89 Å². The molecule has 94 valence electrons. The van der Waals surface area contributed by atoms with E-state index < -0.39 is 11.4 Å². The fourth-order valence-corrected chi connectivity index (χ4v) is 1.65. The summed E-state index contributed by atoms with van der Waals surface area (Å²) in [5, 5.41) is 9.63. The molecule has 0 saturated carbocycles. The molecule has 5 heteroatoms. The fraction of sp³-hybridized carbons (Fsp3) is 0.231. The minimum Gasteiger partial charge on any atom is -0.481 e. The molecule has 0 amide bonds. The van der Waals surface area contributed by atoms with E-state index in [4.69, 9.17) is 21.1 Å². The van der Waals surface area contributed by atoms with E-state index in [2.05, 4.69) is 4.98 Å². The summed E-state index contributed by atoms with van der Waals surface area (Å²) < 4.78 is 5.31. The molecule has 0 bridgehead atoms. The molecule has 1 aromatic carbocycles. The lowest BCUT2D eigenvalue weighted by atomic mass is 9.90. The summed E-state index contributed by atoms with van der Waals surface area (Å²) >= 11 is 6.03. The van der Waals surface area contributed by atoms with Gasteiger partial charge in [-0.25, -0.2) is 4.98 Å². The van der Waals surface area contributed by atoms with Gasteiger partial charge in [0.25, 0.3) is 0 Å². The second-order valence-electron chi connectivity index (χ2n) is 4.45. The standard InChI is InChI=1S/C13H12ClNO3/c1-13(2,12(16)17)10-7-18-11(15-10)8-5-3-4-6-9(8)14/h3-7H,1-2H3,(H,16,17). The molecule has 18 heavy (non-hydrogen) atoms. The van der Waals surface area contributed by atoms with Gasteiger partial charge in [0.1, 0.15) is 11.7 Å². The largest absolute Gasteiger partial charge is 0.481 e. The SMILES string of the molecule is CC(C)(C(=O)O)c1coc(-c2ccccc2Cl)n1. The fourth-order valence-electron chi connectivity index (χ4n) is 1.43. The lowest BCUT2D eigenvalue weighted by Crippen LogP contribution is -2.28. The summed E-state index contributed by atoms with van der Waals surface area (Å²) in [6.07, 6.45) is 1.35. The molecule has 1 N–H and O–H groups in total. The number of carbonyl (C=O) groups is 1. The molecule has 0 radical (unpaired) electrons. The van der Waals surface area contributed by atoms with Gasteiger partial charge in [0, 0.05) is 0 Å². The zero-order chi connectivity index (χ0) is 13.3. The van der Waals surface area contributed by atoms with Crippen molar-refractivity contribution in [1.82, 2.24) is 4.98 Å². The highest BCUT2D eigenvalue weighted by Crippen LogP contribution is 2.30. The van der Waals surface area contributed by atoms with Gasteiger partial charge in [0.15, 0.2) is 0 Å². The first kappa shape index (κ1) is 12.6. The van der Waals surface area contributed by atoms with E-state index in [-0.39, 0.29) is 0 Å². The normalized spacial score (nSPS) is 11.5. The number of aromatic nitrogens is 1. The van der Waals surface area contributed by atoms with Gasteiger partial charge in [-0.2, -0.15) is 0 Å². The van der Waals surface area contributed by atoms with Crippen LogP contribution in [-0.4, -0.2) is 16.1 Å². The van der Waals surface area contributed by atoms with E-state index in [1.807, 2.05) is 6.07 Å². The Morgan fingerprint density at radius 2 is 2.06 bits per heavy atom. The van der Waals surface area contributed by atoms with Gasteiger partial charge < -0.3 is 9.52 Å². The third-order valence-corrected chi connectivity index (χ3v) is 3.11. The number of aliphatic carboxylic acids is 1. The minimum absolute atomic E-state index is 0.324. The van der Waals surface area contributed by atoms with E-state index in [1.165, 1.54) is 6.26 Å². The van der Waals surface area contributed by atoms with Gasteiger partial charge in [0.05, 0.1) is 16.3 Å². The Balaban J connectivity index is 2.44. The van der Waals surface area contributed by atoms with Crippen molar-refractivity contribution in [1.29, 1.82) is 0 Å². The zero-order valence-electron chi connectivity index (χ0n) is 9.98. The number of benzene rings is 1. The Morgan fingerprint density at radius 1 is 1.39 bits per heavy atom. The summed E-state index contributed by atoms with van der Waals surface area (Å²) in [5.41, 5.74) is -0.0836. The highest BCUT2D eigenvalue weighted by molar-refractivity contribution is 6.33. The van der Waals surface area contributed by atoms with Crippen LogP contribution in [0.2, 0.25) is 5.02 Å². The smallest absolute Gasteiger partial charge is 0.315 e. The molecule has 2 aromatic rings. The van der Waals surface area contributed by atoms with E-state index in [9.17, 15) is 4.79 Å². The van der Waals surface area contributed by atoms with E-state index >= 15 is 0 Å². The van der Waals surface area contributed by atoms with Crippen LogP contribution in [0.15, 0.2) is 34.9 Å². The number of hydrogen-bond acceptors (Lipinski definition) is 3. The van der Waals surface area contributed by atoms with Crippen LogP contribution < -0.4 is 0 Å². The molecule has 0 fully saturated rings.